The van der Waals surface area contributed by atoms with Crippen LogP contribution < -0.4 is 16.0 Å². The first-order valence-electron chi connectivity index (χ1n) is 11.5. The van der Waals surface area contributed by atoms with Crippen molar-refractivity contribution in [1.29, 1.82) is 0 Å². The minimum Gasteiger partial charge on any atom is -0.478 e. The second-order valence-electron chi connectivity index (χ2n) is 9.53. The number of carboxylic acid groups (broad SMARTS) is 1. The van der Waals surface area contributed by atoms with Crippen molar-refractivity contribution in [3.05, 3.63) is 59.7 Å². The third-order valence-corrected chi connectivity index (χ3v) is 5.13. The number of anilines is 2. The Bertz CT molecular complexity index is 1190. The van der Waals surface area contributed by atoms with Gasteiger partial charge in [-0.3, -0.25) is 4.79 Å². The fourth-order valence-corrected chi connectivity index (χ4v) is 3.11. The molecule has 15 heteroatoms. The van der Waals surface area contributed by atoms with Gasteiger partial charge in [-0.15, -0.1) is 0 Å². The Morgan fingerprint density at radius 2 is 1.38 bits per heavy atom. The molecule has 0 aromatic heterocycles. The molecule has 2 atom stereocenters. The summed E-state index contributed by atoms with van der Waals surface area (Å²) in [6, 6.07) is 8.14. The lowest BCUT2D eigenvalue weighted by atomic mass is 10.0. The van der Waals surface area contributed by atoms with Crippen LogP contribution in [0.3, 0.4) is 0 Å². The van der Waals surface area contributed by atoms with Crippen molar-refractivity contribution in [3.63, 3.8) is 0 Å². The normalized spacial score (nSPS) is 13.8. The zero-order valence-electron chi connectivity index (χ0n) is 21.3. The molecule has 2 aromatic rings. The van der Waals surface area contributed by atoms with Crippen LogP contribution in [0.4, 0.5) is 46.9 Å². The maximum absolute atomic E-state index is 13.9. The van der Waals surface area contributed by atoms with Crippen molar-refractivity contribution in [2.24, 2.45) is 0 Å². The second kappa shape index (κ2) is 12.4. The van der Waals surface area contributed by atoms with E-state index in [-0.39, 0.29) is 23.2 Å². The predicted molar refractivity (Wildman–Crippen MR) is 130 cm³/mol. The highest BCUT2D eigenvalue weighted by Gasteiger charge is 2.67. The summed E-state index contributed by atoms with van der Waals surface area (Å²) < 4.78 is 96.9. The van der Waals surface area contributed by atoms with Gasteiger partial charge in [-0.05, 0) is 62.7 Å². The zero-order valence-corrected chi connectivity index (χ0v) is 21.3. The van der Waals surface area contributed by atoms with Crippen molar-refractivity contribution in [2.75, 3.05) is 10.6 Å². The van der Waals surface area contributed by atoms with E-state index in [1.165, 1.54) is 41.7 Å². The van der Waals surface area contributed by atoms with Crippen LogP contribution in [-0.2, 0) is 16.0 Å². The van der Waals surface area contributed by atoms with Gasteiger partial charge >= 0.3 is 30.3 Å². The number of nitrogens with one attached hydrogen (secondary N) is 3. The number of carbonyl (C=O) groups excluding carboxylic acids is 2. The summed E-state index contributed by atoms with van der Waals surface area (Å²) in [4.78, 5) is 36.3. The Labute approximate surface area is 223 Å². The number of carbonyl (C=O) groups is 3. The zero-order chi connectivity index (χ0) is 30.5. The highest BCUT2D eigenvalue weighted by molar-refractivity contribution is 5.97. The minimum atomic E-state index is -5.93. The number of aromatic carboxylic acids is 1. The lowest BCUT2D eigenvalue weighted by Gasteiger charge is -2.29. The van der Waals surface area contributed by atoms with E-state index in [9.17, 15) is 45.1 Å². The van der Waals surface area contributed by atoms with E-state index in [0.717, 1.165) is 12.1 Å². The lowest BCUT2D eigenvalue weighted by molar-refractivity contribution is -0.281. The Hall–Kier alpha value is -4.04. The molecule has 0 bridgehead atoms. The van der Waals surface area contributed by atoms with Gasteiger partial charge in [0.05, 0.1) is 5.56 Å². The maximum Gasteiger partial charge on any atom is 0.408 e. The molecular weight excluding hydrogens is 555 g/mol. The molecule has 0 saturated carbocycles. The van der Waals surface area contributed by atoms with Crippen LogP contribution in [0.1, 0.15) is 36.7 Å². The van der Waals surface area contributed by atoms with Gasteiger partial charge in [0.15, 0.2) is 0 Å². The number of carboxylic acids is 1. The van der Waals surface area contributed by atoms with E-state index in [1.807, 2.05) is 0 Å². The van der Waals surface area contributed by atoms with E-state index in [1.54, 1.807) is 20.8 Å². The van der Waals surface area contributed by atoms with Crippen LogP contribution in [0.2, 0.25) is 0 Å². The lowest BCUT2D eigenvalue weighted by Crippen LogP contribution is -2.54. The molecule has 2 unspecified atom stereocenters. The quantitative estimate of drug-likeness (QED) is 0.200. The summed E-state index contributed by atoms with van der Waals surface area (Å²) in [7, 11) is 0. The van der Waals surface area contributed by atoms with Gasteiger partial charge in [-0.2, -0.15) is 17.6 Å². The summed E-state index contributed by atoms with van der Waals surface area (Å²) in [5.74, 6) is -13.6. The Morgan fingerprint density at radius 3 is 1.85 bits per heavy atom. The molecule has 0 aliphatic heterocycles. The fourth-order valence-electron chi connectivity index (χ4n) is 3.11. The van der Waals surface area contributed by atoms with Crippen LogP contribution in [-0.4, -0.2) is 59.3 Å². The molecule has 0 aliphatic rings. The average Bonchev–Trinajstić information content (AvgIpc) is 2.83. The van der Waals surface area contributed by atoms with Crippen LogP contribution in [0, 0.1) is 0 Å². The van der Waals surface area contributed by atoms with Gasteiger partial charge in [0.1, 0.15) is 11.6 Å². The largest absolute Gasteiger partial charge is 0.478 e. The van der Waals surface area contributed by atoms with Crippen LogP contribution in [0.25, 0.3) is 0 Å². The topological polar surface area (TPSA) is 117 Å². The number of ether oxygens (including phenoxy) is 1. The minimum absolute atomic E-state index is 0.0404. The molecule has 0 fully saturated rings. The number of hydrogen-bond donors (Lipinski definition) is 4. The first kappa shape index (κ1) is 32.2. The number of alkyl carbamates (subject to hydrolysis) is 1. The molecule has 40 heavy (non-hydrogen) atoms. The molecule has 0 heterocycles. The van der Waals surface area contributed by atoms with E-state index in [4.69, 9.17) is 9.84 Å². The molecule has 2 aromatic carbocycles. The monoisotopic (exact) mass is 581 g/mol. The summed E-state index contributed by atoms with van der Waals surface area (Å²) >= 11 is 0. The van der Waals surface area contributed by atoms with Gasteiger partial charge in [-0.25, -0.2) is 22.8 Å². The number of halogens is 7. The Balaban J connectivity index is 2.19. The summed E-state index contributed by atoms with van der Waals surface area (Å²) in [5.41, 5.74) is -0.942. The SMILES string of the molecule is CC(C)(C)OC(=O)NC(Cc1ccc(NC(F)C(F)(F)C(F)(F)C(F)F)cc1)C(=O)Nc1ccc(C(=O)O)cc1. The third kappa shape index (κ3) is 8.48. The van der Waals surface area contributed by atoms with Crippen LogP contribution in [0.15, 0.2) is 48.5 Å². The molecule has 0 spiro atoms. The molecule has 220 valence electrons. The van der Waals surface area contributed by atoms with Gasteiger partial charge < -0.3 is 25.8 Å². The fraction of sp³-hybridized carbons (Fsp3) is 0.400. The van der Waals surface area contributed by atoms with E-state index < -0.39 is 59.9 Å². The van der Waals surface area contributed by atoms with Crippen LogP contribution in [0.5, 0.6) is 0 Å². The summed E-state index contributed by atoms with van der Waals surface area (Å²) in [6.07, 6.45) is -9.85. The molecule has 0 radical (unpaired) electrons. The van der Waals surface area contributed by atoms with Gasteiger partial charge in [0, 0.05) is 17.8 Å². The average molecular weight is 581 g/mol. The standard InChI is InChI=1S/C25H26F7N3O5/c1-23(2,3)40-22(39)35-17(18(36)33-15-10-6-14(7-11-15)19(37)38)12-13-4-8-16(9-5-13)34-21(28)25(31,32)24(29,30)20(26)27/h4-11,17,20-21,34H,12H2,1-3H3,(H,33,36)(H,35,39)(H,37,38). The van der Waals surface area contributed by atoms with Crippen molar-refractivity contribution in [3.8, 4) is 0 Å². The van der Waals surface area contributed by atoms with E-state index in [0.29, 0.717) is 0 Å². The maximum atomic E-state index is 13.9. The molecular formula is C25H26F7N3O5. The number of hydrogen-bond acceptors (Lipinski definition) is 5. The highest BCUT2D eigenvalue weighted by Crippen LogP contribution is 2.42. The Morgan fingerprint density at radius 1 is 0.850 bits per heavy atom. The number of rotatable bonds is 11. The number of amides is 2. The third-order valence-electron chi connectivity index (χ3n) is 5.13. The van der Waals surface area contributed by atoms with E-state index in [2.05, 4.69) is 10.6 Å². The first-order chi connectivity index (χ1) is 18.3. The number of alkyl halides is 7. The van der Waals surface area contributed by atoms with Gasteiger partial charge in [-0.1, -0.05) is 12.1 Å². The van der Waals surface area contributed by atoms with E-state index >= 15 is 0 Å². The Kier molecular flexibility index (Phi) is 10.00. The molecule has 2 amide bonds. The van der Waals surface area contributed by atoms with Gasteiger partial charge in [0.2, 0.25) is 12.2 Å². The molecule has 2 rings (SSSR count). The molecule has 0 saturated heterocycles. The van der Waals surface area contributed by atoms with Crippen LogP contribution >= 0.6 is 0 Å². The highest BCUT2D eigenvalue weighted by atomic mass is 19.3. The molecule has 0 aliphatic carbocycles. The van der Waals surface area contributed by atoms with Gasteiger partial charge in [0.25, 0.3) is 0 Å². The summed E-state index contributed by atoms with van der Waals surface area (Å²) in [5, 5.41) is 15.3. The second-order valence-corrected chi connectivity index (χ2v) is 9.53. The van der Waals surface area contributed by atoms with Crippen molar-refractivity contribution < 1.29 is 55.0 Å². The van der Waals surface area contributed by atoms with Crippen molar-refractivity contribution in [1.82, 2.24) is 5.32 Å². The number of benzene rings is 2. The smallest absolute Gasteiger partial charge is 0.408 e. The van der Waals surface area contributed by atoms with Crippen molar-refractivity contribution in [2.45, 2.75) is 63.4 Å². The first-order valence-corrected chi connectivity index (χ1v) is 11.5. The molecule has 4 N–H and O–H groups in total. The molecule has 8 nitrogen and oxygen atoms in total. The predicted octanol–water partition coefficient (Wildman–Crippen LogP) is 5.70. The summed E-state index contributed by atoms with van der Waals surface area (Å²) in [6.45, 7) is 4.74. The van der Waals surface area contributed by atoms with Crippen molar-refractivity contribution >= 4 is 29.3 Å².